The lowest BCUT2D eigenvalue weighted by Gasteiger charge is -2.20. The molecule has 1 fully saturated rings. The summed E-state index contributed by atoms with van der Waals surface area (Å²) < 4.78 is 6.98. The molecular formula is C15H15N3O2. The predicted molar refractivity (Wildman–Crippen MR) is 72.6 cm³/mol. The van der Waals surface area contributed by atoms with Gasteiger partial charge in [-0.05, 0) is 25.0 Å². The molecule has 0 spiro atoms. The molecule has 0 N–H and O–H groups in total. The van der Waals surface area contributed by atoms with E-state index in [9.17, 15) is 4.79 Å². The van der Waals surface area contributed by atoms with Gasteiger partial charge in [-0.15, -0.1) is 0 Å². The first kappa shape index (κ1) is 12.7. The second kappa shape index (κ2) is 5.33. The first-order chi connectivity index (χ1) is 9.78. The minimum absolute atomic E-state index is 0.278. The Morgan fingerprint density at radius 2 is 2.10 bits per heavy atom. The quantitative estimate of drug-likeness (QED) is 0.840. The highest BCUT2D eigenvalue weighted by molar-refractivity contribution is 5.31. The molecule has 0 atom stereocenters. The van der Waals surface area contributed by atoms with Crippen molar-refractivity contribution in [1.82, 2.24) is 9.55 Å². The van der Waals surface area contributed by atoms with Crippen molar-refractivity contribution in [2.24, 2.45) is 0 Å². The summed E-state index contributed by atoms with van der Waals surface area (Å²) in [6, 6.07) is 5.56. The van der Waals surface area contributed by atoms with Crippen molar-refractivity contribution in [3.05, 3.63) is 46.5 Å². The van der Waals surface area contributed by atoms with E-state index < -0.39 is 0 Å². The van der Waals surface area contributed by atoms with Crippen molar-refractivity contribution >= 4 is 0 Å². The Balaban J connectivity index is 1.91. The van der Waals surface area contributed by atoms with Gasteiger partial charge in [0.2, 0.25) is 0 Å². The summed E-state index contributed by atoms with van der Waals surface area (Å²) >= 11 is 0. The monoisotopic (exact) mass is 269 g/mol. The highest BCUT2D eigenvalue weighted by Gasteiger charge is 2.19. The third-order valence-electron chi connectivity index (χ3n) is 3.81. The van der Waals surface area contributed by atoms with Gasteiger partial charge in [-0.2, -0.15) is 5.26 Å². The molecule has 2 aromatic rings. The van der Waals surface area contributed by atoms with Crippen LogP contribution in [0, 0.1) is 11.3 Å². The van der Waals surface area contributed by atoms with Gasteiger partial charge in [0.15, 0.2) is 5.69 Å². The molecule has 2 heterocycles. The van der Waals surface area contributed by atoms with E-state index in [1.807, 2.05) is 12.1 Å². The number of nitriles is 1. The van der Waals surface area contributed by atoms with Gasteiger partial charge in [0.1, 0.15) is 23.8 Å². The lowest BCUT2D eigenvalue weighted by molar-refractivity contribution is 0.354. The maximum atomic E-state index is 12.1. The van der Waals surface area contributed by atoms with Crippen LogP contribution in [0.3, 0.4) is 0 Å². The van der Waals surface area contributed by atoms with Crippen LogP contribution >= 0.6 is 0 Å². The minimum atomic E-state index is -0.380. The molecule has 0 saturated heterocycles. The van der Waals surface area contributed by atoms with Crippen molar-refractivity contribution in [2.45, 2.75) is 38.0 Å². The lowest BCUT2D eigenvalue weighted by Crippen LogP contribution is -2.13. The van der Waals surface area contributed by atoms with Gasteiger partial charge in [-0.25, -0.2) is 9.78 Å². The molecule has 20 heavy (non-hydrogen) atoms. The molecule has 3 rings (SSSR count). The molecule has 0 aliphatic heterocycles. The van der Waals surface area contributed by atoms with Crippen LogP contribution in [0.4, 0.5) is 0 Å². The smallest absolute Gasteiger partial charge is 0.360 e. The maximum absolute atomic E-state index is 12.1. The predicted octanol–water partition coefficient (Wildman–Crippen LogP) is 2.74. The van der Waals surface area contributed by atoms with Crippen molar-refractivity contribution < 1.29 is 4.42 Å². The Morgan fingerprint density at radius 3 is 2.75 bits per heavy atom. The van der Waals surface area contributed by atoms with Gasteiger partial charge >= 0.3 is 5.63 Å². The van der Waals surface area contributed by atoms with Crippen LogP contribution in [0.15, 0.2) is 33.9 Å². The molecule has 0 amide bonds. The summed E-state index contributed by atoms with van der Waals surface area (Å²) in [5.74, 6) is 1.14. The molecule has 5 heteroatoms. The van der Waals surface area contributed by atoms with Gasteiger partial charge in [0.05, 0.1) is 0 Å². The lowest BCUT2D eigenvalue weighted by atomic mass is 9.87. The van der Waals surface area contributed by atoms with Crippen molar-refractivity contribution in [1.29, 1.82) is 5.26 Å². The summed E-state index contributed by atoms with van der Waals surface area (Å²) in [6.45, 7) is 0. The van der Waals surface area contributed by atoms with Crippen LogP contribution < -0.4 is 5.63 Å². The van der Waals surface area contributed by atoms with Crippen LogP contribution in [-0.2, 0) is 0 Å². The molecule has 1 saturated carbocycles. The summed E-state index contributed by atoms with van der Waals surface area (Å²) in [7, 11) is 0. The third-order valence-corrected chi connectivity index (χ3v) is 3.81. The summed E-state index contributed by atoms with van der Waals surface area (Å²) in [5, 5.41) is 8.75. The zero-order valence-electron chi connectivity index (χ0n) is 11.1. The van der Waals surface area contributed by atoms with E-state index in [2.05, 4.69) is 4.98 Å². The van der Waals surface area contributed by atoms with Gasteiger partial charge in [-0.1, -0.05) is 19.3 Å². The van der Waals surface area contributed by atoms with Crippen LogP contribution in [0.2, 0.25) is 0 Å². The summed E-state index contributed by atoms with van der Waals surface area (Å²) in [5.41, 5.74) is 0.286. The number of imidazole rings is 1. The molecule has 0 bridgehead atoms. The molecule has 0 aromatic carbocycles. The first-order valence-corrected chi connectivity index (χ1v) is 6.86. The normalized spacial score (nSPS) is 15.9. The van der Waals surface area contributed by atoms with E-state index in [-0.39, 0.29) is 11.3 Å². The van der Waals surface area contributed by atoms with E-state index in [0.717, 1.165) is 18.6 Å². The maximum Gasteiger partial charge on any atom is 0.360 e. The van der Waals surface area contributed by atoms with E-state index in [1.54, 1.807) is 6.07 Å². The Hall–Kier alpha value is -2.35. The second-order valence-electron chi connectivity index (χ2n) is 5.12. The van der Waals surface area contributed by atoms with E-state index in [1.165, 1.54) is 36.4 Å². The zero-order valence-corrected chi connectivity index (χ0v) is 11.1. The fourth-order valence-corrected chi connectivity index (χ4v) is 2.73. The molecule has 5 nitrogen and oxygen atoms in total. The standard InChI is InChI=1S/C15H15N3O2/c16-8-12-9-18(10-17-12)13-6-7-14(20-15(13)19)11-4-2-1-3-5-11/h6-7,9-11H,1-5H2. The van der Waals surface area contributed by atoms with Gasteiger partial charge < -0.3 is 4.42 Å². The number of aromatic nitrogens is 2. The summed E-state index contributed by atoms with van der Waals surface area (Å²) in [6.07, 6.45) is 8.81. The highest BCUT2D eigenvalue weighted by Crippen LogP contribution is 2.32. The Bertz CT molecular complexity index is 702. The number of hydrogen-bond acceptors (Lipinski definition) is 4. The molecule has 0 radical (unpaired) electrons. The Morgan fingerprint density at radius 1 is 1.30 bits per heavy atom. The molecule has 0 unspecified atom stereocenters. The average molecular weight is 269 g/mol. The fraction of sp³-hybridized carbons (Fsp3) is 0.400. The average Bonchev–Trinajstić information content (AvgIpc) is 2.97. The molecule has 2 aromatic heterocycles. The SMILES string of the molecule is N#Cc1cn(-c2ccc(C3CCCCC3)oc2=O)cn1. The van der Waals surface area contributed by atoms with Crippen LogP contribution in [0.1, 0.15) is 49.5 Å². The van der Waals surface area contributed by atoms with E-state index in [0.29, 0.717) is 11.6 Å². The van der Waals surface area contributed by atoms with Crippen molar-refractivity contribution in [3.63, 3.8) is 0 Å². The molecule has 1 aliphatic carbocycles. The van der Waals surface area contributed by atoms with Crippen LogP contribution in [0.25, 0.3) is 5.69 Å². The number of nitrogens with zero attached hydrogens (tertiary/aromatic N) is 3. The minimum Gasteiger partial charge on any atom is -0.426 e. The Labute approximate surface area is 116 Å². The van der Waals surface area contributed by atoms with E-state index >= 15 is 0 Å². The van der Waals surface area contributed by atoms with Gasteiger partial charge in [0, 0.05) is 12.1 Å². The zero-order chi connectivity index (χ0) is 13.9. The van der Waals surface area contributed by atoms with E-state index in [4.69, 9.17) is 9.68 Å². The van der Waals surface area contributed by atoms with Gasteiger partial charge in [0.25, 0.3) is 0 Å². The second-order valence-corrected chi connectivity index (χ2v) is 5.12. The molecular weight excluding hydrogens is 254 g/mol. The Kier molecular flexibility index (Phi) is 3.38. The van der Waals surface area contributed by atoms with Crippen molar-refractivity contribution in [2.75, 3.05) is 0 Å². The fourth-order valence-electron chi connectivity index (χ4n) is 2.73. The number of rotatable bonds is 2. The number of hydrogen-bond donors (Lipinski definition) is 0. The molecule has 1 aliphatic rings. The van der Waals surface area contributed by atoms with Crippen LogP contribution in [0.5, 0.6) is 0 Å². The highest BCUT2D eigenvalue weighted by atomic mass is 16.4. The molecule has 102 valence electrons. The van der Waals surface area contributed by atoms with Crippen molar-refractivity contribution in [3.8, 4) is 11.8 Å². The first-order valence-electron chi connectivity index (χ1n) is 6.86. The van der Waals surface area contributed by atoms with Gasteiger partial charge in [-0.3, -0.25) is 4.57 Å². The largest absolute Gasteiger partial charge is 0.426 e. The summed E-state index contributed by atoms with van der Waals surface area (Å²) in [4.78, 5) is 16.0. The topological polar surface area (TPSA) is 71.8 Å². The van der Waals surface area contributed by atoms with Crippen LogP contribution in [-0.4, -0.2) is 9.55 Å². The third kappa shape index (κ3) is 2.37.